The lowest BCUT2D eigenvalue weighted by molar-refractivity contribution is -0.432. The van der Waals surface area contributed by atoms with Gasteiger partial charge < -0.3 is 30.9 Å². The van der Waals surface area contributed by atoms with Crippen LogP contribution in [0.4, 0.5) is 56.9 Å². The minimum Gasteiger partial charge on any atom is -0.505 e. The number of aromatic hydroxyl groups is 2. The third kappa shape index (κ3) is 13.9. The van der Waals surface area contributed by atoms with Gasteiger partial charge in [0.05, 0.1) is 91.9 Å². The number of anilines is 1. The van der Waals surface area contributed by atoms with Gasteiger partial charge in [-0.2, -0.15) is 30.4 Å². The molecule has 7 aromatic rings. The minimum absolute atomic E-state index is 0.0501. The summed E-state index contributed by atoms with van der Waals surface area (Å²) in [5, 5.41) is 119. The third-order valence-corrected chi connectivity index (χ3v) is 15.3. The van der Waals surface area contributed by atoms with Crippen molar-refractivity contribution in [3.8, 4) is 17.2 Å². The fourth-order valence-electron chi connectivity index (χ4n) is 7.20. The summed E-state index contributed by atoms with van der Waals surface area (Å²) in [6.45, 7) is 0. The van der Waals surface area contributed by atoms with E-state index in [4.69, 9.17) is 26.2 Å². The van der Waals surface area contributed by atoms with Crippen LogP contribution in [0, 0.1) is 10.1 Å². The smallest absolute Gasteiger partial charge is 0.337 e. The zero-order chi connectivity index (χ0) is 61.6. The summed E-state index contributed by atoms with van der Waals surface area (Å²) in [4.78, 5) is 29.2. The van der Waals surface area contributed by atoms with Gasteiger partial charge in [-0.05, 0) is 72.8 Å². The molecule has 0 bridgehead atoms. The first-order valence-electron chi connectivity index (χ1n) is 21.2. The monoisotopic (exact) mass is 1280 g/mol. The second kappa shape index (κ2) is 25.9. The Morgan fingerprint density at radius 3 is 1.74 bits per heavy atom. The summed E-state index contributed by atoms with van der Waals surface area (Å²) in [5.74, 6) is -5.61. The van der Waals surface area contributed by atoms with Crippen molar-refractivity contribution in [1.29, 1.82) is 0 Å². The maximum atomic E-state index is 13.2. The van der Waals surface area contributed by atoms with E-state index in [1.54, 1.807) is 0 Å². The average molecular weight is 1290 g/mol. The molecule has 0 saturated carbocycles. The van der Waals surface area contributed by atoms with Gasteiger partial charge >= 0.3 is 11.9 Å². The van der Waals surface area contributed by atoms with Gasteiger partial charge in [-0.15, -0.1) is 48.8 Å². The van der Waals surface area contributed by atoms with E-state index in [9.17, 15) is 79.0 Å². The molecule has 0 unspecified atom stereocenters. The number of azo groups is 4. The Balaban J connectivity index is 1.36. The first-order valence-corrected chi connectivity index (χ1v) is 27.8. The summed E-state index contributed by atoms with van der Waals surface area (Å²) in [6, 6.07) is 11.4. The predicted molar refractivity (Wildman–Crippen MR) is 280 cm³/mol. The number of rotatable bonds is 24. The number of phenols is 2. The quantitative estimate of drug-likeness (QED) is 0.00509. The largest absolute Gasteiger partial charge is 0.505 e. The fraction of sp³-hybridized carbons (Fsp3) is 0.0244. The van der Waals surface area contributed by atoms with Crippen molar-refractivity contribution in [2.45, 2.75) is 29.4 Å². The van der Waals surface area contributed by atoms with Crippen LogP contribution in [0.25, 0.3) is 21.5 Å². The summed E-state index contributed by atoms with van der Waals surface area (Å²) in [7, 11) is -15.6. The molecule has 37 nitrogen and oxygen atoms in total. The molecule has 0 aromatic heterocycles. The van der Waals surface area contributed by atoms with E-state index in [1.807, 2.05) is 0 Å². The van der Waals surface area contributed by atoms with Crippen LogP contribution in [0.2, 0.25) is 0 Å². The highest BCUT2D eigenvalue weighted by molar-refractivity contribution is 7.95. The van der Waals surface area contributed by atoms with Crippen LogP contribution >= 0.6 is 36.1 Å². The molecule has 84 heavy (non-hydrogen) atoms. The Kier molecular flexibility index (Phi) is 19.4. The molecule has 0 spiro atoms. The minimum atomic E-state index is -5.67. The number of methoxy groups -OCH3 is 1. The number of phenolic OH excluding ortho intramolecular Hbond substituents is 2. The normalized spacial score (nSPS) is 12.5. The Bertz CT molecular complexity index is 4340. The molecule has 43 heteroatoms. The number of carboxylic acid groups (broad SMARTS) is 2. The number of nitro groups is 1. The maximum Gasteiger partial charge on any atom is 0.337 e. The zero-order valence-electron chi connectivity index (χ0n) is 40.5. The Morgan fingerprint density at radius 2 is 1.14 bits per heavy atom. The second-order valence-corrected chi connectivity index (χ2v) is 21.9. The number of carbonyl (C=O) groups is 2. The van der Waals surface area contributed by atoms with E-state index in [-0.39, 0.29) is 74.3 Å². The van der Waals surface area contributed by atoms with E-state index < -0.39 is 145 Å². The van der Waals surface area contributed by atoms with Crippen molar-refractivity contribution in [3.05, 3.63) is 100 Å². The average Bonchev–Trinajstić information content (AvgIpc) is 2.40. The number of hydrogen-bond donors (Lipinski definition) is 11. The summed E-state index contributed by atoms with van der Waals surface area (Å²) in [5.41, 5.74) is -0.576. The van der Waals surface area contributed by atoms with Gasteiger partial charge in [-0.1, -0.05) is 15.1 Å². The first kappa shape index (κ1) is 63.0. The Morgan fingerprint density at radius 1 is 0.560 bits per heavy atom. The lowest BCUT2D eigenvalue weighted by atomic mass is 10.0. The second-order valence-electron chi connectivity index (χ2n) is 15.5. The number of carboxylic acids is 2. The van der Waals surface area contributed by atoms with Crippen LogP contribution in [0.3, 0.4) is 0 Å². The van der Waals surface area contributed by atoms with Gasteiger partial charge in [-0.3, -0.25) is 23.8 Å². The van der Waals surface area contributed by atoms with Gasteiger partial charge in [0.15, 0.2) is 17.2 Å². The molecule has 440 valence electrons. The van der Waals surface area contributed by atoms with Crippen LogP contribution < -0.4 is 10.5 Å². The Labute approximate surface area is 477 Å². The number of nitro benzene ring substituents is 1. The van der Waals surface area contributed by atoms with Crippen molar-refractivity contribution < 1.29 is 122 Å². The standard InChI is InChI=1S/C41H28N10O27S6/c1-72-27-14-26(51(58)59)29(80-77-74-61)12-24(27)47-49-35-30(81-78-75-62)10-20-31(82(63,64)65)13-25(34(42)33(20)38(35)53)48-45-22-7-5-17-19(39(22)84(69,70)71)11-32(83(66,67)68)36(37(17)52)50-44-21-6-3-16(9-28(21)79-76-73-60)43-46-23-8-15(40(54)55)2-4-18(23)41(56)57/h2-14,52-53,60-62H,42H2,1H3,(H,54,55)(H,56,57)(H,63,64,65)(H,66,67,68)(H,69,70,71). The van der Waals surface area contributed by atoms with E-state index >= 15 is 0 Å². The number of nitrogens with two attached hydrogens (primary N) is 1. The topological polar surface area (TPSA) is 572 Å². The number of ether oxygens (including phenoxy) is 1. The number of aromatic carboxylic acids is 2. The number of nitrogen functional groups attached to an aromatic ring is 1. The summed E-state index contributed by atoms with van der Waals surface area (Å²) in [6.07, 6.45) is 0. The third-order valence-electron chi connectivity index (χ3n) is 10.7. The molecule has 0 atom stereocenters. The van der Waals surface area contributed by atoms with Crippen LogP contribution in [-0.4, -0.2) is 99.1 Å². The molecule has 12 N–H and O–H groups in total. The van der Waals surface area contributed by atoms with Gasteiger partial charge in [0.1, 0.15) is 59.4 Å². The molecule has 0 amide bonds. The van der Waals surface area contributed by atoms with E-state index in [2.05, 4.69) is 69.0 Å². The van der Waals surface area contributed by atoms with Crippen LogP contribution in [0.1, 0.15) is 20.7 Å². The van der Waals surface area contributed by atoms with Crippen molar-refractivity contribution in [3.63, 3.8) is 0 Å². The highest BCUT2D eigenvalue weighted by Gasteiger charge is 2.30. The summed E-state index contributed by atoms with van der Waals surface area (Å²) >= 11 is 0.387. The fourth-order valence-corrected chi connectivity index (χ4v) is 10.8. The zero-order valence-corrected chi connectivity index (χ0v) is 45.4. The lowest BCUT2D eigenvalue weighted by Gasteiger charge is -2.15. The molecule has 0 saturated heterocycles. The lowest BCUT2D eigenvalue weighted by Crippen LogP contribution is -2.03. The van der Waals surface area contributed by atoms with Crippen molar-refractivity contribution in [1.82, 2.24) is 0 Å². The molecule has 7 rings (SSSR count). The maximum absolute atomic E-state index is 13.2. The molecule has 7 aromatic carbocycles. The van der Waals surface area contributed by atoms with Crippen molar-refractivity contribution in [2.75, 3.05) is 12.8 Å². The number of benzene rings is 7. The summed E-state index contributed by atoms with van der Waals surface area (Å²) < 4.78 is 128. The van der Waals surface area contributed by atoms with Crippen LogP contribution in [0.5, 0.6) is 17.2 Å². The van der Waals surface area contributed by atoms with Gasteiger partial charge in [0.25, 0.3) is 36.0 Å². The van der Waals surface area contributed by atoms with Gasteiger partial charge in [0, 0.05) is 16.2 Å². The molecule has 0 heterocycles. The number of fused-ring (bicyclic) bond motifs is 2. The molecule has 0 aliphatic rings. The molecule has 0 aliphatic carbocycles. The van der Waals surface area contributed by atoms with Crippen LogP contribution in [0.15, 0.2) is 149 Å². The molecule has 0 fully saturated rings. The molecule has 0 aliphatic heterocycles. The highest BCUT2D eigenvalue weighted by atomic mass is 32.2. The van der Waals surface area contributed by atoms with Gasteiger partial charge in [0.2, 0.25) is 0 Å². The number of hydrogen-bond acceptors (Lipinski definition) is 34. The van der Waals surface area contributed by atoms with Crippen LogP contribution in [-0.2, 0) is 58.5 Å². The molecular formula is C41H28N10O27S6. The SMILES string of the molecule is COc1cc([N+](=O)[O-])c(SOOO)cc1N=Nc1c(SOOO)cc2c(S(=O)(=O)O)cc(N=Nc3ccc4c(O)c(N=Nc5ccc(N=Nc6cc(C(=O)O)ccc6C(=O)O)cc5SOOO)c(S(=O)(=O)O)cc4c3S(=O)(=O)O)c(N)c2c1O. The van der Waals surface area contributed by atoms with Gasteiger partial charge in [-0.25, -0.2) is 25.4 Å². The number of nitrogens with zero attached hydrogens (tertiary/aromatic N) is 9. The molecule has 0 radical (unpaired) electrons. The van der Waals surface area contributed by atoms with E-state index in [0.717, 1.165) is 73.8 Å². The molecular weight excluding hydrogens is 1260 g/mol. The van der Waals surface area contributed by atoms with E-state index in [1.165, 1.54) is 0 Å². The Hall–Kier alpha value is -8.58. The van der Waals surface area contributed by atoms with Crippen molar-refractivity contribution in [2.24, 2.45) is 40.9 Å². The van der Waals surface area contributed by atoms with E-state index in [0.29, 0.717) is 12.1 Å². The van der Waals surface area contributed by atoms with Crippen molar-refractivity contribution >= 4 is 157 Å². The highest BCUT2D eigenvalue weighted by Crippen LogP contribution is 2.52. The first-order chi connectivity index (χ1) is 39.6. The predicted octanol–water partition coefficient (Wildman–Crippen LogP) is 11.0.